The van der Waals surface area contributed by atoms with Crippen molar-refractivity contribution in [2.45, 2.75) is 45.9 Å². The molecule has 0 spiro atoms. The molecule has 4 nitrogen and oxygen atoms in total. The van der Waals surface area contributed by atoms with Crippen LogP contribution in [-0.2, 0) is 11.3 Å². The van der Waals surface area contributed by atoms with E-state index in [1.165, 1.54) is 12.1 Å². The zero-order chi connectivity index (χ0) is 17.5. The topological polar surface area (TPSA) is 28.1 Å². The van der Waals surface area contributed by atoms with E-state index in [-0.39, 0.29) is 17.7 Å². The van der Waals surface area contributed by atoms with E-state index in [1.54, 1.807) is 0 Å². The molecular weight excluding hydrogens is 312 g/mol. The lowest BCUT2D eigenvalue weighted by atomic mass is 10.0. The summed E-state index contributed by atoms with van der Waals surface area (Å²) in [6.45, 7) is 10.1. The number of hydrogen-bond acceptors (Lipinski definition) is 4. The summed E-state index contributed by atoms with van der Waals surface area (Å²) in [5.41, 5.74) is 0.200. The molecule has 0 bridgehead atoms. The third-order valence-electron chi connectivity index (χ3n) is 4.37. The van der Waals surface area contributed by atoms with Gasteiger partial charge in [0.15, 0.2) is 11.6 Å². The summed E-state index contributed by atoms with van der Waals surface area (Å²) < 4.78 is 32.6. The molecule has 6 heteroatoms. The van der Waals surface area contributed by atoms with E-state index >= 15 is 0 Å². The van der Waals surface area contributed by atoms with Gasteiger partial charge < -0.3 is 14.5 Å². The van der Waals surface area contributed by atoms with Crippen LogP contribution in [0.25, 0.3) is 0 Å². The van der Waals surface area contributed by atoms with Gasteiger partial charge >= 0.3 is 0 Å². The Bertz CT molecular complexity index is 698. The van der Waals surface area contributed by atoms with Gasteiger partial charge in [-0.2, -0.15) is 0 Å². The van der Waals surface area contributed by atoms with Gasteiger partial charge in [-0.25, -0.2) is 13.8 Å². The summed E-state index contributed by atoms with van der Waals surface area (Å²) in [4.78, 5) is 8.94. The number of nitrogens with zero attached hydrogens (tertiary/aromatic N) is 3. The Balaban J connectivity index is 1.76. The van der Waals surface area contributed by atoms with Gasteiger partial charge in [-0.1, -0.05) is 12.1 Å². The fourth-order valence-corrected chi connectivity index (χ4v) is 3.54. The molecule has 0 saturated carbocycles. The summed E-state index contributed by atoms with van der Waals surface area (Å²) in [7, 11) is 0. The van der Waals surface area contributed by atoms with E-state index in [4.69, 9.17) is 4.74 Å². The Morgan fingerprint density at radius 1 is 1.29 bits per heavy atom. The molecule has 1 aromatic carbocycles. The van der Waals surface area contributed by atoms with Crippen LogP contribution in [0.15, 0.2) is 35.1 Å². The van der Waals surface area contributed by atoms with Crippen molar-refractivity contribution >= 4 is 5.90 Å². The minimum atomic E-state index is -0.867. The highest BCUT2D eigenvalue weighted by atomic mass is 19.2. The summed E-state index contributed by atoms with van der Waals surface area (Å²) in [6, 6.07) is 4.43. The molecule has 3 rings (SSSR count). The molecule has 2 aliphatic heterocycles. The normalized spacial score (nSPS) is 19.3. The number of hydrogen-bond donors (Lipinski definition) is 0. The van der Waals surface area contributed by atoms with E-state index in [9.17, 15) is 8.78 Å². The van der Waals surface area contributed by atoms with Crippen LogP contribution in [0.5, 0.6) is 0 Å². The van der Waals surface area contributed by atoms with E-state index < -0.39 is 11.6 Å². The number of fused-ring (bicyclic) bond motifs is 1. The molecule has 130 valence electrons. The largest absolute Gasteiger partial charge is 0.473 e. The molecule has 0 aliphatic carbocycles. The van der Waals surface area contributed by atoms with Gasteiger partial charge in [-0.3, -0.25) is 0 Å². The van der Waals surface area contributed by atoms with Crippen molar-refractivity contribution < 1.29 is 13.5 Å². The number of ether oxygens (including phenoxy) is 1. The Labute approximate surface area is 141 Å². The van der Waals surface area contributed by atoms with Crippen molar-refractivity contribution in [2.75, 3.05) is 13.2 Å². The van der Waals surface area contributed by atoms with Crippen LogP contribution < -0.4 is 0 Å². The van der Waals surface area contributed by atoms with Crippen LogP contribution in [0.4, 0.5) is 8.78 Å². The molecule has 0 N–H and O–H groups in total. The van der Waals surface area contributed by atoms with Gasteiger partial charge in [0.05, 0.1) is 5.54 Å². The van der Waals surface area contributed by atoms with Crippen molar-refractivity contribution in [3.05, 3.63) is 47.3 Å². The molecule has 1 fully saturated rings. The van der Waals surface area contributed by atoms with Crippen molar-refractivity contribution in [3.63, 3.8) is 0 Å². The Morgan fingerprint density at radius 3 is 2.75 bits per heavy atom. The molecule has 0 radical (unpaired) electrons. The second kappa shape index (κ2) is 6.07. The van der Waals surface area contributed by atoms with E-state index in [1.807, 2.05) is 6.08 Å². The first kappa shape index (κ1) is 16.7. The molecule has 1 saturated heterocycles. The number of benzene rings is 1. The maximum absolute atomic E-state index is 13.7. The second-order valence-electron chi connectivity index (χ2n) is 7.12. The summed E-state index contributed by atoms with van der Waals surface area (Å²) in [5, 5.41) is 0. The predicted molar refractivity (Wildman–Crippen MR) is 89.3 cm³/mol. The van der Waals surface area contributed by atoms with Crippen molar-refractivity contribution in [3.8, 4) is 0 Å². The monoisotopic (exact) mass is 335 g/mol. The van der Waals surface area contributed by atoms with Gasteiger partial charge in [-0.05, 0) is 33.8 Å². The fourth-order valence-electron chi connectivity index (χ4n) is 3.54. The molecule has 2 aliphatic rings. The van der Waals surface area contributed by atoms with Crippen molar-refractivity contribution in [1.82, 2.24) is 9.80 Å². The molecule has 0 amide bonds. The first-order chi connectivity index (χ1) is 11.3. The number of halogens is 2. The Morgan fingerprint density at radius 2 is 2.04 bits per heavy atom. The van der Waals surface area contributed by atoms with Crippen molar-refractivity contribution in [1.29, 1.82) is 0 Å². The zero-order valence-electron chi connectivity index (χ0n) is 14.5. The lowest BCUT2D eigenvalue weighted by Crippen LogP contribution is -2.43. The van der Waals surface area contributed by atoms with Gasteiger partial charge in [0, 0.05) is 24.2 Å². The average Bonchev–Trinajstić information content (AvgIpc) is 2.77. The van der Waals surface area contributed by atoms with Crippen LogP contribution >= 0.6 is 0 Å². The van der Waals surface area contributed by atoms with Crippen LogP contribution in [0, 0.1) is 11.6 Å². The maximum Gasteiger partial charge on any atom is 0.214 e. The highest BCUT2D eigenvalue weighted by Gasteiger charge is 2.42. The lowest BCUT2D eigenvalue weighted by molar-refractivity contribution is 0.174. The smallest absolute Gasteiger partial charge is 0.214 e. The first-order valence-electron chi connectivity index (χ1n) is 8.16. The second-order valence-corrected chi connectivity index (χ2v) is 7.12. The van der Waals surface area contributed by atoms with E-state index in [0.29, 0.717) is 18.6 Å². The Kier molecular flexibility index (Phi) is 4.24. The summed E-state index contributed by atoms with van der Waals surface area (Å²) >= 11 is 0. The molecule has 0 unspecified atom stereocenters. The minimum absolute atomic E-state index is 0.0135. The van der Waals surface area contributed by atoms with E-state index in [0.717, 1.165) is 18.4 Å². The van der Waals surface area contributed by atoms with E-state index in [2.05, 4.69) is 42.5 Å². The lowest BCUT2D eigenvalue weighted by Gasteiger charge is -2.36. The van der Waals surface area contributed by atoms with Gasteiger partial charge in [0.25, 0.3) is 0 Å². The average molecular weight is 335 g/mol. The predicted octanol–water partition coefficient (Wildman–Crippen LogP) is 3.50. The fraction of sp³-hybridized carbons (Fsp3) is 0.500. The molecule has 24 heavy (non-hydrogen) atoms. The molecule has 0 atom stereocenters. The van der Waals surface area contributed by atoms with Gasteiger partial charge in [-0.15, -0.1) is 0 Å². The Hall–Kier alpha value is -2.11. The zero-order valence-corrected chi connectivity index (χ0v) is 14.5. The SMILES string of the molecule is CC(C)N1C2=CC(OCc3cccc(F)c3F)=NCN2CC1(C)C. The quantitative estimate of drug-likeness (QED) is 0.846. The summed E-state index contributed by atoms with van der Waals surface area (Å²) in [5.74, 6) is -0.211. The van der Waals surface area contributed by atoms with Gasteiger partial charge in [0.2, 0.25) is 5.90 Å². The standard InChI is InChI=1S/C18H23F2N3O/c1-12(2)23-16-8-15(21-11-22(16)10-18(23,3)4)24-9-13-6-5-7-14(19)17(13)20/h5-8,12H,9-11H2,1-4H3. The highest BCUT2D eigenvalue weighted by Crippen LogP contribution is 2.35. The number of aliphatic imine (C=N–C) groups is 1. The summed E-state index contributed by atoms with van der Waals surface area (Å²) in [6.07, 6.45) is 1.88. The number of rotatable bonds is 3. The molecular formula is C18H23F2N3O. The third-order valence-corrected chi connectivity index (χ3v) is 4.37. The first-order valence-corrected chi connectivity index (χ1v) is 8.16. The molecule has 0 aromatic heterocycles. The molecule has 2 heterocycles. The molecule has 1 aromatic rings. The highest BCUT2D eigenvalue weighted by molar-refractivity contribution is 5.89. The van der Waals surface area contributed by atoms with Crippen LogP contribution in [0.3, 0.4) is 0 Å². The van der Waals surface area contributed by atoms with Gasteiger partial charge in [0.1, 0.15) is 19.1 Å². The van der Waals surface area contributed by atoms with Crippen LogP contribution in [-0.4, -0.2) is 40.5 Å². The minimum Gasteiger partial charge on any atom is -0.473 e. The third kappa shape index (κ3) is 2.97. The van der Waals surface area contributed by atoms with Crippen molar-refractivity contribution in [2.24, 2.45) is 4.99 Å². The van der Waals surface area contributed by atoms with Crippen LogP contribution in [0.1, 0.15) is 33.3 Å². The van der Waals surface area contributed by atoms with Crippen LogP contribution in [0.2, 0.25) is 0 Å². The maximum atomic E-state index is 13.7.